The highest BCUT2D eigenvalue weighted by atomic mass is 16.6. The summed E-state index contributed by atoms with van der Waals surface area (Å²) in [7, 11) is 0. The first-order chi connectivity index (χ1) is 10.3. The van der Waals surface area contributed by atoms with Crippen LogP contribution in [0.2, 0.25) is 0 Å². The molecule has 3 rings (SSSR count). The van der Waals surface area contributed by atoms with Crippen LogP contribution in [-0.4, -0.2) is 70.1 Å². The molecule has 3 amide bonds. The molecule has 3 N–H and O–H groups in total. The van der Waals surface area contributed by atoms with Crippen LogP contribution in [0.4, 0.5) is 4.79 Å². The van der Waals surface area contributed by atoms with Crippen molar-refractivity contribution < 1.29 is 33.8 Å². The van der Waals surface area contributed by atoms with Crippen LogP contribution in [0.5, 0.6) is 0 Å². The minimum absolute atomic E-state index is 0.162. The Morgan fingerprint density at radius 2 is 2.14 bits per heavy atom. The summed E-state index contributed by atoms with van der Waals surface area (Å²) in [6.45, 7) is 1.00. The highest BCUT2D eigenvalue weighted by molar-refractivity contribution is 6.02. The van der Waals surface area contributed by atoms with Crippen molar-refractivity contribution in [2.75, 3.05) is 13.2 Å². The number of ether oxygens (including phenoxy) is 2. The number of nitrogens with zero attached hydrogens (tertiary/aromatic N) is 2. The fraction of sp³-hybridized carbons (Fsp3) is 0.500. The Balaban J connectivity index is 1.94. The lowest BCUT2D eigenvalue weighted by Gasteiger charge is -2.48. The summed E-state index contributed by atoms with van der Waals surface area (Å²) in [4.78, 5) is 48.3. The van der Waals surface area contributed by atoms with Gasteiger partial charge in [0.05, 0.1) is 6.54 Å². The zero-order valence-corrected chi connectivity index (χ0v) is 11.5. The second-order valence-electron chi connectivity index (χ2n) is 5.16. The van der Waals surface area contributed by atoms with E-state index in [2.05, 4.69) is 4.74 Å². The van der Waals surface area contributed by atoms with Gasteiger partial charge in [0, 0.05) is 6.92 Å². The molecule has 0 spiro atoms. The summed E-state index contributed by atoms with van der Waals surface area (Å²) in [6, 6.07) is -1.23. The zero-order chi connectivity index (χ0) is 16.2. The number of β-lactam (4-membered cyclic amide) rings is 1. The molecule has 0 aromatic heterocycles. The second-order valence-corrected chi connectivity index (χ2v) is 5.16. The van der Waals surface area contributed by atoms with Crippen LogP contribution < -0.4 is 5.73 Å². The van der Waals surface area contributed by atoms with Crippen molar-refractivity contribution in [1.29, 1.82) is 0 Å². The molecule has 2 fully saturated rings. The number of nitrogens with two attached hydrogens (primary N) is 1. The largest absolute Gasteiger partial charge is 0.485 e. The molecule has 3 atom stereocenters. The second kappa shape index (κ2) is 4.61. The van der Waals surface area contributed by atoms with Gasteiger partial charge in [0.1, 0.15) is 18.2 Å². The number of carbonyl (C=O) groups excluding carboxylic acids is 3. The Morgan fingerprint density at radius 1 is 1.45 bits per heavy atom. The molecular weight excluding hydrogens is 298 g/mol. The number of primary amides is 1. The summed E-state index contributed by atoms with van der Waals surface area (Å²) in [5.74, 6) is -2.32. The predicted molar refractivity (Wildman–Crippen MR) is 66.9 cm³/mol. The fourth-order valence-electron chi connectivity index (χ4n) is 3.12. The van der Waals surface area contributed by atoms with Gasteiger partial charge >= 0.3 is 12.1 Å². The highest BCUT2D eigenvalue weighted by Crippen LogP contribution is 2.43. The van der Waals surface area contributed by atoms with Gasteiger partial charge in [0.25, 0.3) is 5.91 Å². The molecule has 0 bridgehead atoms. The van der Waals surface area contributed by atoms with E-state index in [1.165, 1.54) is 11.8 Å². The lowest BCUT2D eigenvalue weighted by Crippen LogP contribution is -2.70. The summed E-state index contributed by atoms with van der Waals surface area (Å²) >= 11 is 0. The fourth-order valence-corrected chi connectivity index (χ4v) is 3.12. The number of carboxylic acids is 1. The van der Waals surface area contributed by atoms with E-state index in [0.717, 1.165) is 4.90 Å². The molecule has 10 heteroatoms. The number of rotatable bonds is 3. The Kier molecular flexibility index (Phi) is 2.97. The van der Waals surface area contributed by atoms with Crippen molar-refractivity contribution in [3.63, 3.8) is 0 Å². The third kappa shape index (κ3) is 1.80. The normalized spacial score (nSPS) is 28.8. The van der Waals surface area contributed by atoms with Gasteiger partial charge in [-0.2, -0.15) is 0 Å². The van der Waals surface area contributed by atoms with Crippen LogP contribution in [-0.2, 0) is 23.9 Å². The molecule has 0 radical (unpaired) electrons. The monoisotopic (exact) mass is 311 g/mol. The van der Waals surface area contributed by atoms with E-state index in [-0.39, 0.29) is 23.9 Å². The van der Waals surface area contributed by atoms with Crippen LogP contribution in [0.1, 0.15) is 6.92 Å². The number of aliphatic carboxylic acids is 1. The summed E-state index contributed by atoms with van der Waals surface area (Å²) < 4.78 is 10.1. The van der Waals surface area contributed by atoms with Crippen molar-refractivity contribution in [1.82, 2.24) is 9.80 Å². The van der Waals surface area contributed by atoms with Gasteiger partial charge in [-0.1, -0.05) is 0 Å². The molecule has 0 aromatic carbocycles. The number of likely N-dealkylation sites (tertiary alicyclic amines) is 1. The Hall–Kier alpha value is -2.78. The smallest absolute Gasteiger partial charge is 0.404 e. The van der Waals surface area contributed by atoms with Crippen molar-refractivity contribution in [2.24, 2.45) is 5.73 Å². The average Bonchev–Trinajstić information content (AvgIpc) is 2.79. The first-order valence-electron chi connectivity index (χ1n) is 6.48. The van der Waals surface area contributed by atoms with Crippen molar-refractivity contribution >= 4 is 23.9 Å². The van der Waals surface area contributed by atoms with Crippen molar-refractivity contribution in [3.05, 3.63) is 11.5 Å². The van der Waals surface area contributed by atoms with Crippen LogP contribution in [0.15, 0.2) is 11.5 Å². The van der Waals surface area contributed by atoms with Crippen LogP contribution >= 0.6 is 0 Å². The van der Waals surface area contributed by atoms with Gasteiger partial charge in [0.15, 0.2) is 18.1 Å². The maximum Gasteiger partial charge on any atom is 0.404 e. The Morgan fingerprint density at radius 3 is 2.68 bits per heavy atom. The lowest BCUT2D eigenvalue weighted by molar-refractivity contribution is -0.164. The maximum atomic E-state index is 12.2. The average molecular weight is 311 g/mol. The third-order valence-corrected chi connectivity index (χ3v) is 3.96. The molecule has 3 aliphatic heterocycles. The van der Waals surface area contributed by atoms with Gasteiger partial charge < -0.3 is 25.2 Å². The van der Waals surface area contributed by atoms with Gasteiger partial charge in [0.2, 0.25) is 5.91 Å². The van der Waals surface area contributed by atoms with E-state index < -0.39 is 42.8 Å². The number of carbonyl (C=O) groups is 4. The number of carboxylic acid groups (broad SMARTS) is 1. The summed E-state index contributed by atoms with van der Waals surface area (Å²) in [6.07, 6.45) is -1.64. The van der Waals surface area contributed by atoms with Gasteiger partial charge in [-0.15, -0.1) is 0 Å². The Bertz CT molecular complexity index is 628. The van der Waals surface area contributed by atoms with E-state index >= 15 is 0 Å². The van der Waals surface area contributed by atoms with E-state index in [9.17, 15) is 24.3 Å². The van der Waals surface area contributed by atoms with E-state index in [1.807, 2.05) is 0 Å². The van der Waals surface area contributed by atoms with Gasteiger partial charge in [-0.05, 0) is 0 Å². The SMILES string of the molecule is CC(=O)N1C[C@H]2OC(COC(N)=O)=C(C(=O)O)N3C(=O)[C@@H]1[C@@H]23. The minimum atomic E-state index is -1.38. The zero-order valence-electron chi connectivity index (χ0n) is 11.5. The Labute approximate surface area is 124 Å². The van der Waals surface area contributed by atoms with Gasteiger partial charge in [-0.3, -0.25) is 14.5 Å². The molecule has 3 aliphatic rings. The molecule has 118 valence electrons. The molecule has 22 heavy (non-hydrogen) atoms. The topological polar surface area (TPSA) is 139 Å². The van der Waals surface area contributed by atoms with E-state index in [1.54, 1.807) is 0 Å². The van der Waals surface area contributed by atoms with E-state index in [4.69, 9.17) is 10.5 Å². The summed E-state index contributed by atoms with van der Waals surface area (Å²) in [5.41, 5.74) is 4.47. The predicted octanol–water partition coefficient (Wildman–Crippen LogP) is -1.78. The van der Waals surface area contributed by atoms with Crippen LogP contribution in [0.3, 0.4) is 0 Å². The lowest BCUT2D eigenvalue weighted by atomic mass is 9.91. The maximum absolute atomic E-state index is 12.2. The third-order valence-electron chi connectivity index (χ3n) is 3.96. The standard InChI is InChI=1S/C12H13N3O7/c1-4(16)14-2-5-7-9(14)10(17)15(7)8(11(18)19)6(22-5)3-21-12(13)20/h5,7,9H,2-3H2,1H3,(H2,13,20)(H,18,19)/t5-,7-,9+/m1/s1. The van der Waals surface area contributed by atoms with Crippen molar-refractivity contribution in [2.45, 2.75) is 25.1 Å². The van der Waals surface area contributed by atoms with E-state index in [0.29, 0.717) is 0 Å². The first-order valence-corrected chi connectivity index (χ1v) is 6.48. The number of amides is 3. The van der Waals surface area contributed by atoms with Crippen LogP contribution in [0.25, 0.3) is 0 Å². The molecule has 10 nitrogen and oxygen atoms in total. The number of hydrogen-bond donors (Lipinski definition) is 2. The first kappa shape index (κ1) is 14.2. The minimum Gasteiger partial charge on any atom is -0.485 e. The molecule has 3 heterocycles. The molecule has 2 saturated heterocycles. The highest BCUT2D eigenvalue weighted by Gasteiger charge is 2.65. The molecule has 0 aliphatic carbocycles. The quantitative estimate of drug-likeness (QED) is 0.587. The summed E-state index contributed by atoms with van der Waals surface area (Å²) in [5, 5.41) is 9.30. The van der Waals surface area contributed by atoms with Gasteiger partial charge in [-0.25, -0.2) is 9.59 Å². The van der Waals surface area contributed by atoms with Crippen LogP contribution in [0, 0.1) is 0 Å². The molecule has 0 unspecified atom stereocenters. The van der Waals surface area contributed by atoms with Crippen molar-refractivity contribution in [3.8, 4) is 0 Å². The molecule has 0 aromatic rings. The molecule has 0 saturated carbocycles. The number of hydrogen-bond acceptors (Lipinski definition) is 6. The molecular formula is C12H13N3O7.